The fraction of sp³-hybridized carbons (Fsp3) is 0.364. The molecule has 0 atom stereocenters. The van der Waals surface area contributed by atoms with Gasteiger partial charge in [-0.1, -0.05) is 18.2 Å². The van der Waals surface area contributed by atoms with Crippen LogP contribution in [0.2, 0.25) is 0 Å². The molecule has 4 heteroatoms. The lowest BCUT2D eigenvalue weighted by Gasteiger charge is -2.07. The smallest absolute Gasteiger partial charge is 0.300 e. The number of carbonyl (C=O) groups excluding carboxylic acids is 1. The molecule has 0 N–H and O–H groups in total. The number of ketones is 1. The topological polar surface area (TPSA) is 17.1 Å². The van der Waals surface area contributed by atoms with Crippen molar-refractivity contribution in [3.05, 3.63) is 35.4 Å². The number of rotatable bonds is 3. The van der Waals surface area contributed by atoms with E-state index in [2.05, 4.69) is 0 Å². The van der Waals surface area contributed by atoms with Crippen molar-refractivity contribution in [1.29, 1.82) is 0 Å². The summed E-state index contributed by atoms with van der Waals surface area (Å²) >= 11 is 0. The fourth-order valence-electron chi connectivity index (χ4n) is 1.22. The van der Waals surface area contributed by atoms with Gasteiger partial charge in [-0.3, -0.25) is 0 Å². The molecule has 1 rings (SSSR count). The molecule has 1 aromatic rings. The van der Waals surface area contributed by atoms with E-state index in [-0.39, 0.29) is 12.2 Å². The van der Waals surface area contributed by atoms with Crippen molar-refractivity contribution in [1.82, 2.24) is 0 Å². The monoisotopic (exact) mass is 216 g/mol. The zero-order chi connectivity index (χ0) is 11.5. The lowest BCUT2D eigenvalue weighted by molar-refractivity contribution is -0.137. The summed E-state index contributed by atoms with van der Waals surface area (Å²) in [6.45, 7) is 1.42. The van der Waals surface area contributed by atoms with Crippen LogP contribution in [0.1, 0.15) is 24.5 Å². The lowest BCUT2D eigenvalue weighted by Crippen LogP contribution is -2.05. The van der Waals surface area contributed by atoms with Crippen molar-refractivity contribution >= 4 is 5.78 Å². The molecule has 0 aliphatic heterocycles. The van der Waals surface area contributed by atoms with Gasteiger partial charge in [0.1, 0.15) is 5.78 Å². The number of benzene rings is 1. The molecular formula is C11H11F3O. The maximum Gasteiger partial charge on any atom is 0.416 e. The fourth-order valence-corrected chi connectivity index (χ4v) is 1.22. The minimum atomic E-state index is -4.31. The number of halogens is 3. The van der Waals surface area contributed by atoms with Crippen LogP contribution in [0, 0.1) is 0 Å². The average Bonchev–Trinajstić information content (AvgIpc) is 2.14. The van der Waals surface area contributed by atoms with Crippen LogP contribution >= 0.6 is 0 Å². The van der Waals surface area contributed by atoms with Crippen LogP contribution in [-0.4, -0.2) is 5.78 Å². The molecular weight excluding hydrogens is 205 g/mol. The van der Waals surface area contributed by atoms with E-state index in [1.54, 1.807) is 6.07 Å². The first-order valence-corrected chi connectivity index (χ1v) is 4.55. The Morgan fingerprint density at radius 3 is 2.53 bits per heavy atom. The molecule has 1 nitrogen and oxygen atoms in total. The van der Waals surface area contributed by atoms with Gasteiger partial charge < -0.3 is 4.79 Å². The molecule has 0 amide bonds. The van der Waals surface area contributed by atoms with Crippen LogP contribution in [0.4, 0.5) is 13.2 Å². The van der Waals surface area contributed by atoms with E-state index in [9.17, 15) is 18.0 Å². The van der Waals surface area contributed by atoms with Crippen LogP contribution in [0.3, 0.4) is 0 Å². The van der Waals surface area contributed by atoms with E-state index >= 15 is 0 Å². The molecule has 0 heterocycles. The first-order valence-electron chi connectivity index (χ1n) is 4.55. The van der Waals surface area contributed by atoms with E-state index in [1.807, 2.05) is 0 Å². The highest BCUT2D eigenvalue weighted by atomic mass is 19.4. The molecule has 1 aromatic carbocycles. The molecule has 0 bridgehead atoms. The Bertz CT molecular complexity index is 355. The Kier molecular flexibility index (Phi) is 3.50. The maximum absolute atomic E-state index is 12.3. The molecule has 0 aromatic heterocycles. The highest BCUT2D eigenvalue weighted by Gasteiger charge is 2.30. The van der Waals surface area contributed by atoms with E-state index in [1.165, 1.54) is 13.0 Å². The average molecular weight is 216 g/mol. The predicted octanol–water partition coefficient (Wildman–Crippen LogP) is 3.23. The number of carbonyl (C=O) groups is 1. The highest BCUT2D eigenvalue weighted by Crippen LogP contribution is 2.29. The Hall–Kier alpha value is -1.32. The third kappa shape index (κ3) is 3.73. The van der Waals surface area contributed by atoms with Gasteiger partial charge in [-0.2, -0.15) is 13.2 Å². The summed E-state index contributed by atoms with van der Waals surface area (Å²) in [4.78, 5) is 10.7. The van der Waals surface area contributed by atoms with Crippen LogP contribution in [0.5, 0.6) is 0 Å². The van der Waals surface area contributed by atoms with Crippen molar-refractivity contribution in [3.63, 3.8) is 0 Å². The SMILES string of the molecule is CC(=O)CCc1cccc(C(F)(F)F)c1. The quantitative estimate of drug-likeness (QED) is 0.758. The molecule has 0 spiro atoms. The van der Waals surface area contributed by atoms with E-state index in [4.69, 9.17) is 0 Å². The highest BCUT2D eigenvalue weighted by molar-refractivity contribution is 5.75. The van der Waals surface area contributed by atoms with Crippen LogP contribution in [-0.2, 0) is 17.4 Å². The maximum atomic E-state index is 12.3. The van der Waals surface area contributed by atoms with Gasteiger partial charge >= 0.3 is 6.18 Å². The second-order valence-corrected chi connectivity index (χ2v) is 3.40. The summed E-state index contributed by atoms with van der Waals surface area (Å²) in [5, 5.41) is 0. The van der Waals surface area contributed by atoms with Gasteiger partial charge in [-0.05, 0) is 25.0 Å². The van der Waals surface area contributed by atoms with Gasteiger partial charge in [0, 0.05) is 6.42 Å². The largest absolute Gasteiger partial charge is 0.416 e. The third-order valence-electron chi connectivity index (χ3n) is 2.02. The second kappa shape index (κ2) is 4.47. The summed E-state index contributed by atoms with van der Waals surface area (Å²) in [6, 6.07) is 5.07. The van der Waals surface area contributed by atoms with Crippen LogP contribution in [0.15, 0.2) is 24.3 Å². The number of Topliss-reactive ketones (excluding diaryl/α,β-unsaturated/α-hetero) is 1. The lowest BCUT2D eigenvalue weighted by atomic mass is 10.1. The Balaban J connectivity index is 2.79. The summed E-state index contributed by atoms with van der Waals surface area (Å²) in [5.74, 6) is -0.0209. The molecule has 0 unspecified atom stereocenters. The van der Waals surface area contributed by atoms with E-state index < -0.39 is 11.7 Å². The molecule has 0 radical (unpaired) electrons. The van der Waals surface area contributed by atoms with Crippen LogP contribution < -0.4 is 0 Å². The summed E-state index contributed by atoms with van der Waals surface area (Å²) in [5.41, 5.74) is -0.122. The van der Waals surface area contributed by atoms with Gasteiger partial charge in [0.15, 0.2) is 0 Å². The Labute approximate surface area is 85.9 Å². The molecule has 82 valence electrons. The normalized spacial score (nSPS) is 11.5. The van der Waals surface area contributed by atoms with Gasteiger partial charge in [0.2, 0.25) is 0 Å². The predicted molar refractivity (Wildman–Crippen MR) is 50.4 cm³/mol. The van der Waals surface area contributed by atoms with E-state index in [0.29, 0.717) is 12.0 Å². The van der Waals surface area contributed by atoms with Gasteiger partial charge in [0.05, 0.1) is 5.56 Å². The number of aryl methyl sites for hydroxylation is 1. The van der Waals surface area contributed by atoms with Crippen molar-refractivity contribution in [3.8, 4) is 0 Å². The molecule has 0 fully saturated rings. The molecule has 0 aliphatic carbocycles. The first-order chi connectivity index (χ1) is 6.89. The van der Waals surface area contributed by atoms with E-state index in [0.717, 1.165) is 12.1 Å². The molecule has 0 saturated heterocycles. The minimum Gasteiger partial charge on any atom is -0.300 e. The Morgan fingerprint density at radius 1 is 1.33 bits per heavy atom. The first kappa shape index (κ1) is 11.8. The molecule has 15 heavy (non-hydrogen) atoms. The Morgan fingerprint density at radius 2 is 2.00 bits per heavy atom. The van der Waals surface area contributed by atoms with Crippen molar-refractivity contribution in [2.45, 2.75) is 25.9 Å². The number of hydrogen-bond donors (Lipinski definition) is 0. The van der Waals surface area contributed by atoms with Crippen molar-refractivity contribution in [2.75, 3.05) is 0 Å². The number of alkyl halides is 3. The van der Waals surface area contributed by atoms with Gasteiger partial charge in [-0.25, -0.2) is 0 Å². The van der Waals surface area contributed by atoms with Crippen LogP contribution in [0.25, 0.3) is 0 Å². The van der Waals surface area contributed by atoms with Crippen molar-refractivity contribution in [2.24, 2.45) is 0 Å². The van der Waals surface area contributed by atoms with Gasteiger partial charge in [0.25, 0.3) is 0 Å². The summed E-state index contributed by atoms with van der Waals surface area (Å²) in [6.07, 6.45) is -3.67. The standard InChI is InChI=1S/C11H11F3O/c1-8(15)5-6-9-3-2-4-10(7-9)11(12,13)14/h2-4,7H,5-6H2,1H3. The zero-order valence-corrected chi connectivity index (χ0v) is 8.27. The molecule has 0 aliphatic rings. The number of hydrogen-bond acceptors (Lipinski definition) is 1. The molecule has 0 saturated carbocycles. The minimum absolute atomic E-state index is 0.0209. The van der Waals surface area contributed by atoms with Gasteiger partial charge in [-0.15, -0.1) is 0 Å². The van der Waals surface area contributed by atoms with Crippen molar-refractivity contribution < 1.29 is 18.0 Å². The summed E-state index contributed by atoms with van der Waals surface area (Å²) in [7, 11) is 0. The second-order valence-electron chi connectivity index (χ2n) is 3.40. The third-order valence-corrected chi connectivity index (χ3v) is 2.02. The summed E-state index contributed by atoms with van der Waals surface area (Å²) < 4.78 is 36.9. The zero-order valence-electron chi connectivity index (χ0n) is 8.27.